The Labute approximate surface area is 130 Å². The molecule has 0 atom stereocenters. The molecule has 0 aliphatic carbocycles. The maximum atomic E-state index is 12.3. The van der Waals surface area contributed by atoms with Crippen molar-refractivity contribution in [2.24, 2.45) is 5.73 Å². The van der Waals surface area contributed by atoms with Gasteiger partial charge < -0.3 is 20.2 Å². The van der Waals surface area contributed by atoms with Crippen LogP contribution in [0, 0.1) is 0 Å². The number of ether oxygens (including phenoxy) is 2. The number of hydrogen-bond acceptors (Lipinski definition) is 8. The number of nitrogens with one attached hydrogen (secondary N) is 1. The quantitative estimate of drug-likeness (QED) is 0.639. The van der Waals surface area contributed by atoms with E-state index in [1.165, 1.54) is 18.9 Å². The van der Waals surface area contributed by atoms with Crippen molar-refractivity contribution in [1.82, 2.24) is 30.2 Å². The third-order valence-corrected chi connectivity index (χ3v) is 3.35. The van der Waals surface area contributed by atoms with Crippen LogP contribution in [-0.2, 0) is 13.1 Å². The van der Waals surface area contributed by atoms with Gasteiger partial charge in [0.15, 0.2) is 17.3 Å². The molecule has 0 aliphatic heterocycles. The Morgan fingerprint density at radius 2 is 2.00 bits per heavy atom. The molecule has 2 heterocycles. The molecule has 3 aromatic rings. The van der Waals surface area contributed by atoms with Crippen molar-refractivity contribution in [3.8, 4) is 11.5 Å². The van der Waals surface area contributed by atoms with Crippen LogP contribution in [0.4, 0.5) is 0 Å². The average Bonchev–Trinajstić information content (AvgIpc) is 3.00. The summed E-state index contributed by atoms with van der Waals surface area (Å²) >= 11 is 0. The van der Waals surface area contributed by atoms with E-state index in [9.17, 15) is 4.79 Å². The van der Waals surface area contributed by atoms with E-state index in [4.69, 9.17) is 15.2 Å². The number of aromatic nitrogens is 6. The first-order valence-corrected chi connectivity index (χ1v) is 6.76. The average molecular weight is 317 g/mol. The van der Waals surface area contributed by atoms with Gasteiger partial charge in [0.2, 0.25) is 0 Å². The number of nitrogens with two attached hydrogens (primary N) is 1. The Balaban J connectivity index is 2.08. The maximum Gasteiger partial charge on any atom is 0.258 e. The molecule has 23 heavy (non-hydrogen) atoms. The van der Waals surface area contributed by atoms with Crippen LogP contribution in [0.25, 0.3) is 10.9 Å². The van der Waals surface area contributed by atoms with Crippen molar-refractivity contribution >= 4 is 10.9 Å². The van der Waals surface area contributed by atoms with Crippen molar-refractivity contribution < 1.29 is 9.47 Å². The van der Waals surface area contributed by atoms with Crippen LogP contribution in [-0.4, -0.2) is 44.4 Å². The second-order valence-electron chi connectivity index (χ2n) is 4.69. The minimum Gasteiger partial charge on any atom is -0.493 e. The molecular weight excluding hydrogens is 302 g/mol. The molecule has 0 spiro atoms. The Morgan fingerprint density at radius 1 is 1.26 bits per heavy atom. The zero-order chi connectivity index (χ0) is 16.4. The Bertz CT molecular complexity index is 902. The second kappa shape index (κ2) is 6.01. The summed E-state index contributed by atoms with van der Waals surface area (Å²) < 4.78 is 11.9. The molecule has 0 radical (unpaired) electrons. The van der Waals surface area contributed by atoms with Crippen molar-refractivity contribution in [3.63, 3.8) is 0 Å². The van der Waals surface area contributed by atoms with Gasteiger partial charge in [-0.15, -0.1) is 5.10 Å². The van der Waals surface area contributed by atoms with Gasteiger partial charge in [-0.3, -0.25) is 4.79 Å². The van der Waals surface area contributed by atoms with Gasteiger partial charge in [-0.05, 0) is 16.5 Å². The minimum absolute atomic E-state index is 0.190. The molecule has 0 saturated carbocycles. The molecule has 0 bridgehead atoms. The highest BCUT2D eigenvalue weighted by Gasteiger charge is 2.12. The van der Waals surface area contributed by atoms with Crippen LogP contribution in [0.15, 0.2) is 16.9 Å². The molecule has 10 nitrogen and oxygen atoms in total. The summed E-state index contributed by atoms with van der Waals surface area (Å²) in [5.41, 5.74) is 5.76. The number of benzene rings is 1. The summed E-state index contributed by atoms with van der Waals surface area (Å²) in [6.45, 7) is 0.398. The lowest BCUT2D eigenvalue weighted by atomic mass is 10.2. The van der Waals surface area contributed by atoms with Crippen LogP contribution in [0.5, 0.6) is 11.5 Å². The zero-order valence-electron chi connectivity index (χ0n) is 12.6. The van der Waals surface area contributed by atoms with Crippen LogP contribution in [0.3, 0.4) is 0 Å². The monoisotopic (exact) mass is 317 g/mol. The normalized spacial score (nSPS) is 10.9. The lowest BCUT2D eigenvalue weighted by Gasteiger charge is -2.09. The van der Waals surface area contributed by atoms with Gasteiger partial charge in [-0.1, -0.05) is 0 Å². The largest absolute Gasteiger partial charge is 0.493 e. The SMILES string of the molecule is COc1cc2nc(Cn3nnnc3CN)[nH]c(=O)c2cc1OC. The molecule has 0 amide bonds. The molecule has 120 valence electrons. The molecular formula is C13H15N7O3. The van der Waals surface area contributed by atoms with Crippen LogP contribution >= 0.6 is 0 Å². The van der Waals surface area contributed by atoms with E-state index < -0.39 is 0 Å². The van der Waals surface area contributed by atoms with Gasteiger partial charge in [0, 0.05) is 6.07 Å². The molecule has 0 saturated heterocycles. The fourth-order valence-electron chi connectivity index (χ4n) is 2.22. The van der Waals surface area contributed by atoms with Crippen molar-refractivity contribution in [3.05, 3.63) is 34.1 Å². The van der Waals surface area contributed by atoms with Gasteiger partial charge in [0.25, 0.3) is 5.56 Å². The first-order chi connectivity index (χ1) is 11.2. The van der Waals surface area contributed by atoms with Gasteiger partial charge in [0.1, 0.15) is 12.4 Å². The second-order valence-corrected chi connectivity index (χ2v) is 4.69. The van der Waals surface area contributed by atoms with E-state index in [1.807, 2.05) is 0 Å². The number of methoxy groups -OCH3 is 2. The Hall–Kier alpha value is -3.01. The topological polar surface area (TPSA) is 134 Å². The zero-order valence-corrected chi connectivity index (χ0v) is 12.6. The lowest BCUT2D eigenvalue weighted by molar-refractivity contribution is 0.355. The number of aromatic amines is 1. The van der Waals surface area contributed by atoms with Crippen LogP contribution < -0.4 is 20.8 Å². The summed E-state index contributed by atoms with van der Waals surface area (Å²) in [7, 11) is 3.03. The van der Waals surface area contributed by atoms with Gasteiger partial charge in [0.05, 0.1) is 31.7 Å². The third-order valence-electron chi connectivity index (χ3n) is 3.35. The van der Waals surface area contributed by atoms with Crippen molar-refractivity contribution in [2.75, 3.05) is 14.2 Å². The summed E-state index contributed by atoms with van der Waals surface area (Å²) in [6.07, 6.45) is 0. The van der Waals surface area contributed by atoms with E-state index in [2.05, 4.69) is 25.5 Å². The molecule has 0 unspecified atom stereocenters. The fourth-order valence-corrected chi connectivity index (χ4v) is 2.22. The highest BCUT2D eigenvalue weighted by molar-refractivity contribution is 5.81. The van der Waals surface area contributed by atoms with E-state index in [-0.39, 0.29) is 18.6 Å². The molecule has 1 aromatic carbocycles. The predicted molar refractivity (Wildman–Crippen MR) is 80.3 cm³/mol. The molecule has 3 rings (SSSR count). The number of hydrogen-bond donors (Lipinski definition) is 2. The number of tetrazole rings is 1. The van der Waals surface area contributed by atoms with Gasteiger partial charge in [-0.2, -0.15) is 0 Å². The molecule has 0 fully saturated rings. The number of H-pyrrole nitrogens is 1. The molecule has 3 N–H and O–H groups in total. The summed E-state index contributed by atoms with van der Waals surface area (Å²) in [5.74, 6) is 1.87. The molecule has 10 heteroatoms. The standard InChI is InChI=1S/C13H15N7O3/c1-22-9-3-7-8(4-10(9)23-2)15-11(16-13(7)21)6-20-12(5-14)17-18-19-20/h3-4H,5-6,14H2,1-2H3,(H,15,16,21). The van der Waals surface area contributed by atoms with Crippen LogP contribution in [0.1, 0.15) is 11.6 Å². The molecule has 0 aliphatic rings. The molecule has 2 aromatic heterocycles. The summed E-state index contributed by atoms with van der Waals surface area (Å²) in [4.78, 5) is 19.4. The van der Waals surface area contributed by atoms with Gasteiger partial charge >= 0.3 is 0 Å². The Morgan fingerprint density at radius 3 is 2.70 bits per heavy atom. The van der Waals surface area contributed by atoms with E-state index >= 15 is 0 Å². The fraction of sp³-hybridized carbons (Fsp3) is 0.308. The summed E-state index contributed by atoms with van der Waals surface area (Å²) in [6, 6.07) is 3.24. The van der Waals surface area contributed by atoms with E-state index in [0.717, 1.165) is 0 Å². The first kappa shape index (κ1) is 14.9. The third kappa shape index (κ3) is 2.71. The predicted octanol–water partition coefficient (Wildman–Crippen LogP) is -0.566. The number of nitrogens with zero attached hydrogens (tertiary/aromatic N) is 5. The first-order valence-electron chi connectivity index (χ1n) is 6.76. The van der Waals surface area contributed by atoms with Crippen LogP contribution in [0.2, 0.25) is 0 Å². The minimum atomic E-state index is -0.284. The highest BCUT2D eigenvalue weighted by atomic mass is 16.5. The van der Waals surface area contributed by atoms with Crippen molar-refractivity contribution in [1.29, 1.82) is 0 Å². The number of rotatable bonds is 5. The number of fused-ring (bicyclic) bond motifs is 1. The summed E-state index contributed by atoms with van der Waals surface area (Å²) in [5, 5.41) is 11.6. The highest BCUT2D eigenvalue weighted by Crippen LogP contribution is 2.29. The lowest BCUT2D eigenvalue weighted by Crippen LogP contribution is -2.17. The van der Waals surface area contributed by atoms with E-state index in [1.54, 1.807) is 12.1 Å². The maximum absolute atomic E-state index is 12.3. The van der Waals surface area contributed by atoms with Gasteiger partial charge in [-0.25, -0.2) is 9.67 Å². The smallest absolute Gasteiger partial charge is 0.258 e. The van der Waals surface area contributed by atoms with Crippen molar-refractivity contribution in [2.45, 2.75) is 13.1 Å². The Kier molecular flexibility index (Phi) is 3.89. The van der Waals surface area contributed by atoms with E-state index in [0.29, 0.717) is 34.1 Å².